The molecule has 10 nitrogen and oxygen atoms in total. The molecule has 1 rings (SSSR count). The third-order valence-corrected chi connectivity index (χ3v) is 3.63. The second-order valence-electron chi connectivity index (χ2n) is 5.90. The van der Waals surface area contributed by atoms with Crippen LogP contribution < -0.4 is 16.0 Å². The molecule has 0 bridgehead atoms. The van der Waals surface area contributed by atoms with E-state index in [4.69, 9.17) is 10.2 Å². The molecule has 0 radical (unpaired) electrons. The van der Waals surface area contributed by atoms with Crippen LogP contribution >= 0.6 is 0 Å². The van der Waals surface area contributed by atoms with Crippen molar-refractivity contribution < 1.29 is 33.8 Å². The summed E-state index contributed by atoms with van der Waals surface area (Å²) < 4.78 is 12.7. The van der Waals surface area contributed by atoms with Gasteiger partial charge in [-0.1, -0.05) is 0 Å². The number of carbonyl (C=O) groups excluding carboxylic acids is 2. The number of carbonyl (C=O) groups is 4. The lowest BCUT2D eigenvalue weighted by atomic mass is 10.1. The molecule has 0 saturated heterocycles. The Morgan fingerprint density at radius 3 is 2.29 bits per heavy atom. The molecule has 1 aromatic rings. The largest absolute Gasteiger partial charge is 0.481 e. The third kappa shape index (κ3) is 9.46. The standard InChI is InChI=1S/C17H23FN4O6/c18-11-4-5-12(21-10-11)15(25)19-8-2-1-3-9-20-17(28)22-13(16(26)27)6-7-14(23)24/h4-5,10,13H,1-3,6-9H2,(H,19,25)(H,23,24)(H,26,27)(H2,20,22,28)/t13-/m0/s1/i18-1. The van der Waals surface area contributed by atoms with Crippen LogP contribution in [0.1, 0.15) is 42.6 Å². The number of unbranched alkanes of at least 4 members (excludes halogenated alkanes) is 2. The molecule has 0 aliphatic heterocycles. The van der Waals surface area contributed by atoms with Crippen molar-refractivity contribution in [2.75, 3.05) is 13.1 Å². The second-order valence-corrected chi connectivity index (χ2v) is 5.90. The Bertz CT molecular complexity index is 683. The number of hydrogen-bond acceptors (Lipinski definition) is 5. The zero-order valence-corrected chi connectivity index (χ0v) is 15.1. The Morgan fingerprint density at radius 1 is 1.04 bits per heavy atom. The predicted octanol–water partition coefficient (Wildman–Crippen LogP) is 0.738. The summed E-state index contributed by atoms with van der Waals surface area (Å²) >= 11 is 0. The van der Waals surface area contributed by atoms with Crippen LogP contribution in [0.2, 0.25) is 0 Å². The molecule has 5 N–H and O–H groups in total. The topological polar surface area (TPSA) is 158 Å². The molecule has 0 fully saturated rings. The van der Waals surface area contributed by atoms with Crippen LogP contribution in [-0.2, 0) is 9.59 Å². The van der Waals surface area contributed by atoms with E-state index in [1.54, 1.807) is 0 Å². The van der Waals surface area contributed by atoms with Crippen LogP contribution in [0.4, 0.5) is 9.18 Å². The first-order valence-corrected chi connectivity index (χ1v) is 8.68. The van der Waals surface area contributed by atoms with Crippen LogP contribution in [0.15, 0.2) is 18.3 Å². The maximum atomic E-state index is 12.7. The van der Waals surface area contributed by atoms with Crippen molar-refractivity contribution in [3.63, 3.8) is 0 Å². The van der Waals surface area contributed by atoms with E-state index in [0.717, 1.165) is 12.3 Å². The normalized spacial score (nSPS) is 11.3. The van der Waals surface area contributed by atoms with Gasteiger partial charge in [-0.2, -0.15) is 0 Å². The van der Waals surface area contributed by atoms with E-state index < -0.39 is 35.7 Å². The van der Waals surface area contributed by atoms with Crippen LogP contribution in [0.5, 0.6) is 0 Å². The number of carboxylic acid groups (broad SMARTS) is 2. The number of carboxylic acids is 2. The first-order valence-electron chi connectivity index (χ1n) is 8.68. The Kier molecular flexibility index (Phi) is 9.94. The Balaban J connectivity index is 2.13. The van der Waals surface area contributed by atoms with Gasteiger partial charge in [0.1, 0.15) is 17.6 Å². The van der Waals surface area contributed by atoms with Gasteiger partial charge in [0.15, 0.2) is 0 Å². The fraction of sp³-hybridized carbons (Fsp3) is 0.471. The van der Waals surface area contributed by atoms with Gasteiger partial charge in [0.05, 0.1) is 6.20 Å². The van der Waals surface area contributed by atoms with Crippen molar-refractivity contribution in [1.29, 1.82) is 0 Å². The molecule has 0 aliphatic rings. The van der Waals surface area contributed by atoms with E-state index in [1.165, 1.54) is 6.07 Å². The number of urea groups is 1. The number of amides is 3. The smallest absolute Gasteiger partial charge is 0.326 e. The number of nitrogens with zero attached hydrogens (tertiary/aromatic N) is 1. The van der Waals surface area contributed by atoms with E-state index in [9.17, 15) is 23.6 Å². The summed E-state index contributed by atoms with van der Waals surface area (Å²) in [4.78, 5) is 48.5. The van der Waals surface area contributed by atoms with Gasteiger partial charge in [-0.3, -0.25) is 9.59 Å². The minimum Gasteiger partial charge on any atom is -0.481 e. The average molecular weight is 397 g/mol. The molecule has 1 atom stereocenters. The average Bonchev–Trinajstić information content (AvgIpc) is 2.64. The summed E-state index contributed by atoms with van der Waals surface area (Å²) in [6.45, 7) is 0.685. The summed E-state index contributed by atoms with van der Waals surface area (Å²) in [7, 11) is 0. The van der Waals surface area contributed by atoms with Crippen LogP contribution in [0.25, 0.3) is 0 Å². The van der Waals surface area contributed by atoms with Crippen molar-refractivity contribution >= 4 is 23.9 Å². The quantitative estimate of drug-likeness (QED) is 0.325. The number of rotatable bonds is 12. The SMILES string of the molecule is O=C(O)CC[C@H](NC(=O)NCCCCCNC(=O)c1ccc([18F])cn1)C(=O)O. The monoisotopic (exact) mass is 397 g/mol. The molecule has 0 aliphatic carbocycles. The number of aromatic nitrogens is 1. The summed E-state index contributed by atoms with van der Waals surface area (Å²) in [5.41, 5.74) is 0.121. The van der Waals surface area contributed by atoms with Gasteiger partial charge in [-0.25, -0.2) is 19.0 Å². The predicted molar refractivity (Wildman–Crippen MR) is 95.2 cm³/mol. The lowest BCUT2D eigenvalue weighted by molar-refractivity contribution is -0.140. The van der Waals surface area contributed by atoms with Crippen LogP contribution in [0, 0.1) is 5.82 Å². The summed E-state index contributed by atoms with van der Waals surface area (Å²) in [5, 5.41) is 24.9. The highest BCUT2D eigenvalue weighted by molar-refractivity contribution is 5.92. The van der Waals surface area contributed by atoms with E-state index >= 15 is 0 Å². The first-order chi connectivity index (χ1) is 13.3. The van der Waals surface area contributed by atoms with Crippen molar-refractivity contribution in [1.82, 2.24) is 20.9 Å². The minimum absolute atomic E-state index is 0.121. The molecule has 0 spiro atoms. The van der Waals surface area contributed by atoms with Crippen molar-refractivity contribution in [2.45, 2.75) is 38.1 Å². The van der Waals surface area contributed by atoms with E-state index in [-0.39, 0.29) is 18.5 Å². The molecule has 154 valence electrons. The number of halogens is 1. The molecule has 11 heteroatoms. The molecule has 0 saturated carbocycles. The van der Waals surface area contributed by atoms with E-state index in [0.29, 0.717) is 32.4 Å². The highest BCUT2D eigenvalue weighted by Gasteiger charge is 2.20. The number of aliphatic carboxylic acids is 2. The lowest BCUT2D eigenvalue weighted by Gasteiger charge is -2.14. The zero-order valence-electron chi connectivity index (χ0n) is 15.1. The molecule has 3 amide bonds. The Labute approximate surface area is 160 Å². The van der Waals surface area contributed by atoms with Gasteiger partial charge >= 0.3 is 18.0 Å². The van der Waals surface area contributed by atoms with Crippen molar-refractivity contribution in [2.24, 2.45) is 0 Å². The molecular weight excluding hydrogens is 374 g/mol. The Morgan fingerprint density at radius 2 is 1.71 bits per heavy atom. The number of hydrogen-bond donors (Lipinski definition) is 5. The van der Waals surface area contributed by atoms with E-state index in [2.05, 4.69) is 20.9 Å². The number of nitrogens with one attached hydrogen (secondary N) is 3. The fourth-order valence-corrected chi connectivity index (χ4v) is 2.17. The summed E-state index contributed by atoms with van der Waals surface area (Å²) in [5.74, 6) is -3.37. The molecule has 28 heavy (non-hydrogen) atoms. The van der Waals surface area contributed by atoms with Gasteiger partial charge in [-0.15, -0.1) is 0 Å². The maximum absolute atomic E-state index is 12.7. The highest BCUT2D eigenvalue weighted by Crippen LogP contribution is 2.00. The molecule has 1 heterocycles. The fourth-order valence-electron chi connectivity index (χ4n) is 2.17. The minimum atomic E-state index is -1.30. The van der Waals surface area contributed by atoms with Gasteiger partial charge in [-0.05, 0) is 37.8 Å². The molecular formula is C17H23FN4O6. The van der Waals surface area contributed by atoms with Crippen LogP contribution in [0.3, 0.4) is 0 Å². The zero-order chi connectivity index (χ0) is 20.9. The van der Waals surface area contributed by atoms with Crippen molar-refractivity contribution in [3.8, 4) is 0 Å². The molecule has 0 aromatic carbocycles. The summed E-state index contributed by atoms with van der Waals surface area (Å²) in [6.07, 6.45) is 2.33. The van der Waals surface area contributed by atoms with Gasteiger partial charge in [0.2, 0.25) is 0 Å². The van der Waals surface area contributed by atoms with Gasteiger partial charge < -0.3 is 26.2 Å². The third-order valence-electron chi connectivity index (χ3n) is 3.63. The second kappa shape index (κ2) is 12.2. The molecule has 1 aromatic heterocycles. The van der Waals surface area contributed by atoms with Crippen molar-refractivity contribution in [3.05, 3.63) is 29.8 Å². The van der Waals surface area contributed by atoms with Crippen LogP contribution in [-0.4, -0.2) is 58.2 Å². The number of pyridine rings is 1. The first kappa shape index (κ1) is 22.8. The van der Waals surface area contributed by atoms with Gasteiger partial charge in [0, 0.05) is 19.5 Å². The molecule has 0 unspecified atom stereocenters. The van der Waals surface area contributed by atoms with Gasteiger partial charge in [0.25, 0.3) is 5.91 Å². The Hall–Kier alpha value is -3.24. The maximum Gasteiger partial charge on any atom is 0.326 e. The van der Waals surface area contributed by atoms with E-state index in [1.807, 2.05) is 0 Å². The summed E-state index contributed by atoms with van der Waals surface area (Å²) in [6, 6.07) is 0.475. The lowest BCUT2D eigenvalue weighted by Crippen LogP contribution is -2.46. The highest BCUT2D eigenvalue weighted by atomic mass is 18.2.